The second kappa shape index (κ2) is 8.88. The number of hydrogen-bond acceptors (Lipinski definition) is 6. The van der Waals surface area contributed by atoms with E-state index in [2.05, 4.69) is 4.98 Å². The molecular formula is C24H24N4O2S2. The van der Waals surface area contributed by atoms with Crippen molar-refractivity contribution >= 4 is 50.7 Å². The van der Waals surface area contributed by atoms with Crippen LogP contribution >= 0.6 is 23.1 Å². The molecule has 1 amide bonds. The number of amides is 1. The van der Waals surface area contributed by atoms with Gasteiger partial charge >= 0.3 is 0 Å². The lowest BCUT2D eigenvalue weighted by Crippen LogP contribution is -2.23. The summed E-state index contributed by atoms with van der Waals surface area (Å²) in [6.07, 6.45) is 0. The Balaban J connectivity index is 1.60. The molecule has 0 N–H and O–H groups in total. The zero-order valence-electron chi connectivity index (χ0n) is 18.7. The van der Waals surface area contributed by atoms with Gasteiger partial charge in [0.1, 0.15) is 0 Å². The predicted octanol–water partition coefficient (Wildman–Crippen LogP) is 5.29. The van der Waals surface area contributed by atoms with Crippen LogP contribution in [-0.4, -0.2) is 20.4 Å². The van der Waals surface area contributed by atoms with Crippen molar-refractivity contribution in [3.63, 3.8) is 0 Å². The summed E-state index contributed by atoms with van der Waals surface area (Å²) in [6, 6.07) is 11.6. The predicted molar refractivity (Wildman–Crippen MR) is 132 cm³/mol. The fraction of sp³-hybridized carbons (Fsp3) is 0.250. The number of thiazole rings is 1. The average molecular weight is 465 g/mol. The zero-order chi connectivity index (χ0) is 23.0. The van der Waals surface area contributed by atoms with Crippen LogP contribution in [0.5, 0.6) is 0 Å². The maximum atomic E-state index is 12.7. The molecule has 2 heterocycles. The van der Waals surface area contributed by atoms with Gasteiger partial charge in [-0.25, -0.2) is 9.97 Å². The van der Waals surface area contributed by atoms with Crippen molar-refractivity contribution in [1.29, 1.82) is 0 Å². The second-order valence-corrected chi connectivity index (χ2v) is 9.54. The quantitative estimate of drug-likeness (QED) is 0.296. The molecule has 2 aromatic carbocycles. The Morgan fingerprint density at radius 2 is 1.94 bits per heavy atom. The van der Waals surface area contributed by atoms with Crippen molar-refractivity contribution in [3.8, 4) is 0 Å². The number of benzene rings is 2. The van der Waals surface area contributed by atoms with Gasteiger partial charge in [0.05, 0.1) is 22.3 Å². The van der Waals surface area contributed by atoms with Gasteiger partial charge in [-0.1, -0.05) is 35.5 Å². The van der Waals surface area contributed by atoms with Gasteiger partial charge in [-0.15, -0.1) is 11.3 Å². The third-order valence-corrected chi connectivity index (χ3v) is 7.34. The van der Waals surface area contributed by atoms with Crippen LogP contribution in [0.3, 0.4) is 0 Å². The Kier molecular flexibility index (Phi) is 6.17. The molecule has 4 aromatic rings. The van der Waals surface area contributed by atoms with E-state index in [0.717, 1.165) is 28.1 Å². The van der Waals surface area contributed by atoms with Gasteiger partial charge in [-0.05, 0) is 50.1 Å². The summed E-state index contributed by atoms with van der Waals surface area (Å²) in [5.74, 6) is 0.466. The minimum absolute atomic E-state index is 0.0576. The van der Waals surface area contributed by atoms with Gasteiger partial charge in [0, 0.05) is 25.1 Å². The normalized spacial score (nSPS) is 11.2. The Morgan fingerprint density at radius 1 is 1.16 bits per heavy atom. The van der Waals surface area contributed by atoms with E-state index in [1.54, 1.807) is 23.4 Å². The van der Waals surface area contributed by atoms with Crippen LogP contribution in [0, 0.1) is 20.8 Å². The number of fused-ring (bicyclic) bond motifs is 1. The minimum atomic E-state index is -0.0823. The molecule has 0 aliphatic heterocycles. The summed E-state index contributed by atoms with van der Waals surface area (Å²) >= 11 is 2.89. The average Bonchev–Trinajstić information content (AvgIpc) is 3.21. The molecule has 0 saturated heterocycles. The highest BCUT2D eigenvalue weighted by atomic mass is 32.2. The molecule has 0 aliphatic carbocycles. The number of carbonyl (C=O) groups excluding carboxylic acids is 1. The van der Waals surface area contributed by atoms with E-state index in [4.69, 9.17) is 4.98 Å². The molecule has 0 atom stereocenters. The number of thioether (sulfide) groups is 1. The smallest absolute Gasteiger partial charge is 0.261 e. The molecule has 164 valence electrons. The summed E-state index contributed by atoms with van der Waals surface area (Å²) in [5.41, 5.74) is 5.53. The molecule has 2 aromatic heterocycles. The first-order valence-electron chi connectivity index (χ1n) is 10.2. The van der Waals surface area contributed by atoms with Crippen LogP contribution in [-0.2, 0) is 17.6 Å². The Labute approximate surface area is 194 Å². The molecule has 0 saturated carbocycles. The number of hydrogen-bond donors (Lipinski definition) is 0. The maximum absolute atomic E-state index is 12.7. The van der Waals surface area contributed by atoms with E-state index in [9.17, 15) is 9.59 Å². The Hall–Kier alpha value is -2.97. The first kappa shape index (κ1) is 22.2. The number of aromatic nitrogens is 3. The van der Waals surface area contributed by atoms with Crippen molar-refractivity contribution in [2.45, 2.75) is 38.6 Å². The maximum Gasteiger partial charge on any atom is 0.261 e. The van der Waals surface area contributed by atoms with E-state index in [0.29, 0.717) is 26.9 Å². The van der Waals surface area contributed by atoms with Crippen molar-refractivity contribution in [1.82, 2.24) is 14.5 Å². The highest BCUT2D eigenvalue weighted by molar-refractivity contribution is 7.98. The Bertz CT molecular complexity index is 1390. The highest BCUT2D eigenvalue weighted by Gasteiger charge is 2.20. The number of rotatable bonds is 5. The minimum Gasteiger partial charge on any atom is -0.290 e. The Morgan fingerprint density at radius 3 is 2.69 bits per heavy atom. The van der Waals surface area contributed by atoms with E-state index >= 15 is 0 Å². The summed E-state index contributed by atoms with van der Waals surface area (Å²) < 4.78 is 1.58. The molecular weight excluding hydrogens is 440 g/mol. The lowest BCUT2D eigenvalue weighted by molar-refractivity contribution is -0.115. The first-order chi connectivity index (χ1) is 15.3. The summed E-state index contributed by atoms with van der Waals surface area (Å²) in [7, 11) is 1.74. The second-order valence-electron chi connectivity index (χ2n) is 7.76. The van der Waals surface area contributed by atoms with E-state index in [1.165, 1.54) is 23.1 Å². The highest BCUT2D eigenvalue weighted by Crippen LogP contribution is 2.33. The molecule has 0 radical (unpaired) electrons. The summed E-state index contributed by atoms with van der Waals surface area (Å²) in [5, 5.41) is 3.85. The molecule has 32 heavy (non-hydrogen) atoms. The van der Waals surface area contributed by atoms with Gasteiger partial charge in [0.15, 0.2) is 10.3 Å². The number of aryl methyl sites for hydroxylation is 2. The fourth-order valence-corrected chi connectivity index (χ4v) is 5.33. The lowest BCUT2D eigenvalue weighted by atomic mass is 10.1. The third-order valence-electron chi connectivity index (χ3n) is 5.40. The largest absolute Gasteiger partial charge is 0.290 e. The topological polar surface area (TPSA) is 68.1 Å². The molecule has 0 aliphatic rings. The summed E-state index contributed by atoms with van der Waals surface area (Å²) in [4.78, 5) is 36.3. The van der Waals surface area contributed by atoms with Crippen LogP contribution in [0.1, 0.15) is 29.3 Å². The van der Waals surface area contributed by atoms with Crippen LogP contribution in [0.15, 0.2) is 51.7 Å². The van der Waals surface area contributed by atoms with Crippen LogP contribution in [0.25, 0.3) is 10.9 Å². The van der Waals surface area contributed by atoms with Crippen molar-refractivity contribution in [2.75, 3.05) is 4.90 Å². The lowest BCUT2D eigenvalue weighted by Gasteiger charge is -2.21. The number of anilines is 2. The molecule has 0 spiro atoms. The molecule has 0 unspecified atom stereocenters. The van der Waals surface area contributed by atoms with Gasteiger partial charge in [-0.2, -0.15) is 0 Å². The molecule has 0 bridgehead atoms. The SMILES string of the molecule is CC(=O)N(c1nc(CSc2nc3ccc(C)cc3c(=O)n2C)cs1)c1cccc(C)c1C. The van der Waals surface area contributed by atoms with Gasteiger partial charge < -0.3 is 0 Å². The number of nitrogens with zero attached hydrogens (tertiary/aromatic N) is 4. The molecule has 0 fully saturated rings. The third kappa shape index (κ3) is 4.20. The van der Waals surface area contributed by atoms with E-state index < -0.39 is 0 Å². The number of carbonyl (C=O) groups is 1. The standard InChI is InChI=1S/C24H24N4O2S2/c1-14-9-10-20-19(11-14)22(30)27(5)23(26-20)31-12-18-13-32-24(25-18)28(17(4)29)21-8-6-7-15(2)16(21)3/h6-11,13H,12H2,1-5H3. The molecule has 8 heteroatoms. The van der Waals surface area contributed by atoms with Gasteiger partial charge in [-0.3, -0.25) is 19.1 Å². The van der Waals surface area contributed by atoms with E-state index in [-0.39, 0.29) is 11.5 Å². The van der Waals surface area contributed by atoms with Gasteiger partial charge in [0.2, 0.25) is 5.91 Å². The first-order valence-corrected chi connectivity index (χ1v) is 12.0. The fourth-order valence-electron chi connectivity index (χ4n) is 3.48. The van der Waals surface area contributed by atoms with Gasteiger partial charge in [0.25, 0.3) is 5.56 Å². The van der Waals surface area contributed by atoms with Crippen molar-refractivity contribution < 1.29 is 4.79 Å². The van der Waals surface area contributed by atoms with Crippen LogP contribution in [0.4, 0.5) is 10.8 Å². The van der Waals surface area contributed by atoms with Crippen molar-refractivity contribution in [2.24, 2.45) is 7.05 Å². The van der Waals surface area contributed by atoms with Crippen LogP contribution < -0.4 is 10.5 Å². The molecule has 4 rings (SSSR count). The summed E-state index contributed by atoms with van der Waals surface area (Å²) in [6.45, 7) is 7.56. The van der Waals surface area contributed by atoms with E-state index in [1.807, 2.05) is 62.5 Å². The molecule has 6 nitrogen and oxygen atoms in total. The zero-order valence-corrected chi connectivity index (χ0v) is 20.3. The van der Waals surface area contributed by atoms with Crippen LogP contribution in [0.2, 0.25) is 0 Å². The van der Waals surface area contributed by atoms with Crippen molar-refractivity contribution in [3.05, 3.63) is 74.5 Å². The monoisotopic (exact) mass is 464 g/mol.